The molecule has 0 aromatic rings. The van der Waals surface area contributed by atoms with Gasteiger partial charge in [0.2, 0.25) is 0 Å². The molecular weight excluding hydrogens is 183 g/mol. The van der Waals surface area contributed by atoms with E-state index in [9.17, 15) is 4.79 Å². The van der Waals surface area contributed by atoms with Gasteiger partial charge in [0, 0.05) is 0 Å². The summed E-state index contributed by atoms with van der Waals surface area (Å²) in [4.78, 5) is 13.4. The average Bonchev–Trinajstić information content (AvgIpc) is 1.84. The van der Waals surface area contributed by atoms with Crippen LogP contribution in [0.5, 0.6) is 0 Å². The van der Waals surface area contributed by atoms with Crippen molar-refractivity contribution in [3.05, 3.63) is 0 Å². The van der Waals surface area contributed by atoms with Gasteiger partial charge in [-0.25, -0.2) is 0 Å². The summed E-state index contributed by atoms with van der Waals surface area (Å²) >= 11 is 2.76. The monoisotopic (exact) mass is 194 g/mol. The molecule has 0 aliphatic heterocycles. The van der Waals surface area contributed by atoms with E-state index in [0.29, 0.717) is 0 Å². The second-order valence-electron chi connectivity index (χ2n) is 1.89. The van der Waals surface area contributed by atoms with Crippen LogP contribution in [0.15, 0.2) is 0 Å². The van der Waals surface area contributed by atoms with E-state index in [0.717, 1.165) is 11.1 Å². The van der Waals surface area contributed by atoms with Crippen LogP contribution >= 0.6 is 0 Å². The maximum absolute atomic E-state index is 10.1. The zero-order valence-corrected chi connectivity index (χ0v) is 7.50. The Kier molecular flexibility index (Phi) is 3.50. The second-order valence-corrected chi connectivity index (χ2v) is 2.66. The Hall–Kier alpha value is -0.341. The molecule has 0 radical (unpaired) electrons. The van der Waals surface area contributed by atoms with Gasteiger partial charge in [0.05, 0.1) is 0 Å². The van der Waals surface area contributed by atoms with Gasteiger partial charge in [-0.1, -0.05) is 0 Å². The van der Waals surface area contributed by atoms with Crippen LogP contribution in [-0.4, -0.2) is 57.6 Å². The van der Waals surface area contributed by atoms with Crippen LogP contribution in [0.4, 0.5) is 0 Å². The number of rotatable bonds is 3. The van der Waals surface area contributed by atoms with Crippen LogP contribution in [0.1, 0.15) is 0 Å². The van der Waals surface area contributed by atoms with Crippen molar-refractivity contribution in [3.63, 3.8) is 0 Å². The number of carbonyl (C=O) groups excluding carboxylic acids is 1. The minimum absolute atomic E-state index is 0.756. The topological polar surface area (TPSA) is 23.6 Å². The zero-order chi connectivity index (χ0) is 7.44. The van der Waals surface area contributed by atoms with E-state index in [1.54, 1.807) is 7.05 Å². The standard InChI is InChI=1S/C5H10N2OSe/c1-6(2)5(9)7(3)4-8/h4H,1-3H3. The fourth-order valence-corrected chi connectivity index (χ4v) is 0.451. The van der Waals surface area contributed by atoms with Crippen molar-refractivity contribution in [3.8, 4) is 0 Å². The van der Waals surface area contributed by atoms with Crippen molar-refractivity contribution in [2.45, 2.75) is 0 Å². The fraction of sp³-hybridized carbons (Fsp3) is 0.600. The first-order valence-electron chi connectivity index (χ1n) is 2.49. The van der Waals surface area contributed by atoms with E-state index < -0.39 is 0 Å². The summed E-state index contributed by atoms with van der Waals surface area (Å²) in [5.74, 6) is 0. The van der Waals surface area contributed by atoms with Crippen LogP contribution < -0.4 is 0 Å². The van der Waals surface area contributed by atoms with Crippen molar-refractivity contribution in [2.75, 3.05) is 21.1 Å². The third-order valence-corrected chi connectivity index (χ3v) is 2.21. The van der Waals surface area contributed by atoms with E-state index in [-0.39, 0.29) is 0 Å². The van der Waals surface area contributed by atoms with Gasteiger partial charge in [-0.2, -0.15) is 0 Å². The normalized spacial score (nSPS) is 8.33. The summed E-state index contributed by atoms with van der Waals surface area (Å²) in [6, 6.07) is 0. The number of hydrogen-bond donors (Lipinski definition) is 0. The maximum atomic E-state index is 10.1. The number of hydrogen-bond acceptors (Lipinski definition) is 2. The van der Waals surface area contributed by atoms with E-state index in [4.69, 9.17) is 0 Å². The average molecular weight is 193 g/mol. The molecular formula is C5H10N2OSe. The molecule has 0 atom stereocenters. The zero-order valence-electron chi connectivity index (χ0n) is 5.79. The van der Waals surface area contributed by atoms with E-state index in [1.807, 2.05) is 19.0 Å². The van der Waals surface area contributed by atoms with Gasteiger partial charge < -0.3 is 0 Å². The van der Waals surface area contributed by atoms with Crippen LogP contribution in [0.3, 0.4) is 0 Å². The SMILES string of the molecule is CN(C)C(=[Se])N(C)C=O. The molecule has 9 heavy (non-hydrogen) atoms. The number of carbonyl (C=O) groups is 1. The Morgan fingerprint density at radius 2 is 1.89 bits per heavy atom. The first-order chi connectivity index (χ1) is 4.09. The van der Waals surface area contributed by atoms with Crippen LogP contribution in [0, 0.1) is 0 Å². The molecule has 0 aromatic carbocycles. The van der Waals surface area contributed by atoms with Crippen molar-refractivity contribution in [1.82, 2.24) is 9.80 Å². The molecule has 0 aliphatic rings. The molecule has 0 fully saturated rings. The van der Waals surface area contributed by atoms with Gasteiger partial charge in [0.15, 0.2) is 0 Å². The molecule has 0 saturated heterocycles. The molecule has 0 N–H and O–H groups in total. The first kappa shape index (κ1) is 8.66. The quantitative estimate of drug-likeness (QED) is 0.419. The molecule has 3 nitrogen and oxygen atoms in total. The number of amides is 1. The molecule has 0 rings (SSSR count). The molecule has 0 bridgehead atoms. The van der Waals surface area contributed by atoms with Crippen LogP contribution in [-0.2, 0) is 4.79 Å². The van der Waals surface area contributed by atoms with Crippen molar-refractivity contribution >= 4 is 26.7 Å². The van der Waals surface area contributed by atoms with E-state index in [1.165, 1.54) is 4.90 Å². The van der Waals surface area contributed by atoms with Gasteiger partial charge >= 0.3 is 62.4 Å². The van der Waals surface area contributed by atoms with Crippen LogP contribution in [0.2, 0.25) is 0 Å². The molecule has 0 spiro atoms. The third kappa shape index (κ3) is 2.63. The van der Waals surface area contributed by atoms with Crippen molar-refractivity contribution < 1.29 is 4.79 Å². The van der Waals surface area contributed by atoms with Crippen molar-refractivity contribution in [2.24, 2.45) is 0 Å². The molecule has 52 valence electrons. The molecule has 0 aliphatic carbocycles. The van der Waals surface area contributed by atoms with Gasteiger partial charge in [0.1, 0.15) is 0 Å². The van der Waals surface area contributed by atoms with E-state index >= 15 is 0 Å². The summed E-state index contributed by atoms with van der Waals surface area (Å²) in [5.41, 5.74) is 0. The summed E-state index contributed by atoms with van der Waals surface area (Å²) in [6.07, 6.45) is 0.756. The molecule has 0 unspecified atom stereocenters. The Morgan fingerprint density at radius 3 is 2.00 bits per heavy atom. The summed E-state index contributed by atoms with van der Waals surface area (Å²) in [7, 11) is 5.43. The first-order valence-corrected chi connectivity index (χ1v) is 3.34. The Bertz CT molecular complexity index is 124. The molecule has 0 saturated carbocycles. The second kappa shape index (κ2) is 3.64. The van der Waals surface area contributed by atoms with E-state index in [2.05, 4.69) is 15.6 Å². The minimum atomic E-state index is 0.756. The predicted octanol–water partition coefficient (Wildman–Crippen LogP) is -1.11. The van der Waals surface area contributed by atoms with Gasteiger partial charge in [0.25, 0.3) is 0 Å². The van der Waals surface area contributed by atoms with Crippen molar-refractivity contribution in [1.29, 1.82) is 0 Å². The molecule has 1 amide bonds. The summed E-state index contributed by atoms with van der Waals surface area (Å²) in [6.45, 7) is 0. The third-order valence-electron chi connectivity index (χ3n) is 0.842. The van der Waals surface area contributed by atoms with Gasteiger partial charge in [-0.3, -0.25) is 0 Å². The molecule has 4 heteroatoms. The van der Waals surface area contributed by atoms with Gasteiger partial charge in [-0.05, 0) is 0 Å². The Morgan fingerprint density at radius 1 is 1.44 bits per heavy atom. The van der Waals surface area contributed by atoms with Crippen LogP contribution in [0.25, 0.3) is 0 Å². The Balaban J connectivity index is 3.87. The predicted molar refractivity (Wildman–Crippen MR) is 38.3 cm³/mol. The fourth-order valence-electron chi connectivity index (χ4n) is 0.361. The summed E-state index contributed by atoms with van der Waals surface area (Å²) in [5, 5.41) is 0. The summed E-state index contributed by atoms with van der Waals surface area (Å²) < 4.78 is 0.810. The Labute approximate surface area is 63.0 Å². The molecule has 0 heterocycles. The molecule has 0 aromatic heterocycles. The number of nitrogens with zero attached hydrogens (tertiary/aromatic N) is 2. The van der Waals surface area contributed by atoms with Gasteiger partial charge in [-0.15, -0.1) is 0 Å².